The first-order chi connectivity index (χ1) is 11.3. The lowest BCUT2D eigenvalue weighted by atomic mass is 10.1. The van der Waals surface area contributed by atoms with Gasteiger partial charge in [-0.05, 0) is 31.9 Å². The van der Waals surface area contributed by atoms with Gasteiger partial charge in [0.1, 0.15) is 5.75 Å². The summed E-state index contributed by atoms with van der Waals surface area (Å²) >= 11 is 0. The first-order valence-corrected chi connectivity index (χ1v) is 7.78. The lowest BCUT2D eigenvalue weighted by Crippen LogP contribution is -2.35. The zero-order valence-electron chi connectivity index (χ0n) is 13.3. The molecule has 0 aliphatic heterocycles. The Labute approximate surface area is 138 Å². The predicted molar refractivity (Wildman–Crippen MR) is 83.1 cm³/mol. The second kappa shape index (κ2) is 7.74. The van der Waals surface area contributed by atoms with Crippen LogP contribution in [0.25, 0.3) is 0 Å². The summed E-state index contributed by atoms with van der Waals surface area (Å²) < 4.78 is 41.5. The molecule has 2 amide bonds. The van der Waals surface area contributed by atoms with E-state index < -0.39 is 24.9 Å². The maximum Gasteiger partial charge on any atom is 0.422 e. The maximum atomic E-state index is 12.2. The molecule has 1 fully saturated rings. The molecule has 2 rings (SSSR count). The fourth-order valence-electron chi connectivity index (χ4n) is 2.71. The summed E-state index contributed by atoms with van der Waals surface area (Å²) in [7, 11) is 0. The Balaban J connectivity index is 1.90. The quantitative estimate of drug-likeness (QED) is 0.767. The molecule has 2 atom stereocenters. The molecule has 134 valence electrons. The molecule has 24 heavy (non-hydrogen) atoms. The number of rotatable bonds is 5. The number of carbonyl (C=O) groups is 1. The molecule has 0 aromatic heterocycles. The van der Waals surface area contributed by atoms with Crippen molar-refractivity contribution >= 4 is 11.7 Å². The fourth-order valence-corrected chi connectivity index (χ4v) is 2.71. The van der Waals surface area contributed by atoms with Gasteiger partial charge < -0.3 is 20.5 Å². The number of ether oxygens (including phenoxy) is 1. The summed E-state index contributed by atoms with van der Waals surface area (Å²) in [6, 6.07) is 4.04. The van der Waals surface area contributed by atoms with Crippen LogP contribution in [0.3, 0.4) is 0 Å². The molecule has 0 heterocycles. The third kappa shape index (κ3) is 5.30. The van der Waals surface area contributed by atoms with Gasteiger partial charge in [-0.2, -0.15) is 13.2 Å². The Hall–Kier alpha value is -1.96. The Kier molecular flexibility index (Phi) is 5.93. The van der Waals surface area contributed by atoms with Gasteiger partial charge in [-0.25, -0.2) is 4.79 Å². The van der Waals surface area contributed by atoms with Crippen molar-refractivity contribution in [1.82, 2.24) is 5.32 Å². The lowest BCUT2D eigenvalue weighted by Gasteiger charge is -2.17. The first kappa shape index (κ1) is 18.4. The van der Waals surface area contributed by atoms with E-state index in [1.165, 1.54) is 12.1 Å². The minimum absolute atomic E-state index is 0.0401. The number of hydrogen-bond donors (Lipinski definition) is 3. The van der Waals surface area contributed by atoms with Gasteiger partial charge >= 0.3 is 12.2 Å². The van der Waals surface area contributed by atoms with E-state index in [9.17, 15) is 23.1 Å². The van der Waals surface area contributed by atoms with Crippen LogP contribution in [0.15, 0.2) is 18.2 Å². The van der Waals surface area contributed by atoms with Crippen molar-refractivity contribution in [3.05, 3.63) is 23.8 Å². The van der Waals surface area contributed by atoms with Crippen LogP contribution in [-0.2, 0) is 0 Å². The Morgan fingerprint density at radius 2 is 2.12 bits per heavy atom. The molecule has 1 aromatic carbocycles. The Morgan fingerprint density at radius 3 is 2.75 bits per heavy atom. The van der Waals surface area contributed by atoms with Crippen molar-refractivity contribution in [2.45, 2.75) is 38.5 Å². The van der Waals surface area contributed by atoms with E-state index in [0.29, 0.717) is 17.8 Å². The number of benzene rings is 1. The van der Waals surface area contributed by atoms with E-state index in [2.05, 4.69) is 10.6 Å². The van der Waals surface area contributed by atoms with Gasteiger partial charge in [0.15, 0.2) is 6.61 Å². The van der Waals surface area contributed by atoms with E-state index in [1.807, 2.05) is 0 Å². The van der Waals surface area contributed by atoms with Crippen LogP contribution < -0.4 is 15.4 Å². The fraction of sp³-hybridized carbons (Fsp3) is 0.562. The van der Waals surface area contributed by atoms with E-state index >= 15 is 0 Å². The molecule has 5 nitrogen and oxygen atoms in total. The molecule has 0 saturated heterocycles. The number of hydrogen-bond acceptors (Lipinski definition) is 3. The Bertz CT molecular complexity index is 578. The van der Waals surface area contributed by atoms with Crippen LogP contribution in [-0.4, -0.2) is 36.6 Å². The van der Waals surface area contributed by atoms with Crippen molar-refractivity contribution in [1.29, 1.82) is 0 Å². The predicted octanol–water partition coefficient (Wildman–Crippen LogP) is 3.22. The minimum Gasteiger partial charge on any atom is -0.484 e. The highest BCUT2D eigenvalue weighted by Gasteiger charge is 2.29. The van der Waals surface area contributed by atoms with E-state index in [0.717, 1.165) is 19.3 Å². The molecular weight excluding hydrogens is 325 g/mol. The largest absolute Gasteiger partial charge is 0.484 e. The molecule has 2 unspecified atom stereocenters. The molecule has 1 aromatic rings. The van der Waals surface area contributed by atoms with Gasteiger partial charge in [-0.3, -0.25) is 0 Å². The third-order valence-electron chi connectivity index (χ3n) is 4.07. The average molecular weight is 346 g/mol. The standard InChI is InChI=1S/C16H21F3N2O3/c1-10-12(5-3-7-14(10)24-9-16(17,18)19)21-15(23)20-8-11-4-2-6-13(11)22/h3,5,7,11,13,22H,2,4,6,8-9H2,1H3,(H2,20,21,23). The molecule has 0 bridgehead atoms. The number of urea groups is 1. The number of halogens is 3. The van der Waals surface area contributed by atoms with Gasteiger partial charge in [0, 0.05) is 23.7 Å². The van der Waals surface area contributed by atoms with E-state index in [4.69, 9.17) is 4.74 Å². The van der Waals surface area contributed by atoms with Crippen LogP contribution in [0.2, 0.25) is 0 Å². The van der Waals surface area contributed by atoms with Crippen molar-refractivity contribution in [2.24, 2.45) is 5.92 Å². The summed E-state index contributed by atoms with van der Waals surface area (Å²) in [5, 5.41) is 15.0. The number of alkyl halides is 3. The molecule has 3 N–H and O–H groups in total. The number of nitrogens with one attached hydrogen (secondary N) is 2. The molecule has 8 heteroatoms. The molecule has 0 spiro atoms. The number of carbonyl (C=O) groups excluding carboxylic acids is 1. The van der Waals surface area contributed by atoms with Crippen molar-refractivity contribution in [3.63, 3.8) is 0 Å². The number of anilines is 1. The highest BCUT2D eigenvalue weighted by molar-refractivity contribution is 5.90. The van der Waals surface area contributed by atoms with Crippen LogP contribution in [0.4, 0.5) is 23.7 Å². The summed E-state index contributed by atoms with van der Waals surface area (Å²) in [6.45, 7) is 0.543. The smallest absolute Gasteiger partial charge is 0.422 e. The van der Waals surface area contributed by atoms with Crippen molar-refractivity contribution in [3.8, 4) is 5.75 Å². The van der Waals surface area contributed by atoms with Crippen LogP contribution in [0.1, 0.15) is 24.8 Å². The van der Waals surface area contributed by atoms with Gasteiger partial charge in [0.05, 0.1) is 6.10 Å². The van der Waals surface area contributed by atoms with Crippen LogP contribution >= 0.6 is 0 Å². The normalized spacial score (nSPS) is 20.7. The third-order valence-corrected chi connectivity index (χ3v) is 4.07. The van der Waals surface area contributed by atoms with E-state index in [-0.39, 0.29) is 11.7 Å². The van der Waals surface area contributed by atoms with Gasteiger partial charge in [-0.1, -0.05) is 12.5 Å². The van der Waals surface area contributed by atoms with Crippen LogP contribution in [0.5, 0.6) is 5.75 Å². The van der Waals surface area contributed by atoms with Gasteiger partial charge in [0.25, 0.3) is 0 Å². The minimum atomic E-state index is -4.42. The maximum absolute atomic E-state index is 12.2. The summed E-state index contributed by atoms with van der Waals surface area (Å²) in [5.41, 5.74) is 0.789. The second-order valence-electron chi connectivity index (χ2n) is 5.93. The number of amides is 2. The summed E-state index contributed by atoms with van der Waals surface area (Å²) in [5.74, 6) is 0.106. The molecule has 1 aliphatic rings. The van der Waals surface area contributed by atoms with Crippen molar-refractivity contribution in [2.75, 3.05) is 18.5 Å². The summed E-state index contributed by atoms with van der Waals surface area (Å²) in [4.78, 5) is 11.9. The Morgan fingerprint density at radius 1 is 1.38 bits per heavy atom. The highest BCUT2D eigenvalue weighted by atomic mass is 19.4. The topological polar surface area (TPSA) is 70.6 Å². The number of aliphatic hydroxyl groups is 1. The average Bonchev–Trinajstić information content (AvgIpc) is 2.90. The van der Waals surface area contributed by atoms with Crippen molar-refractivity contribution < 1.29 is 27.8 Å². The molecule has 1 aliphatic carbocycles. The molecule has 0 radical (unpaired) electrons. The lowest BCUT2D eigenvalue weighted by molar-refractivity contribution is -0.153. The zero-order chi connectivity index (χ0) is 17.7. The number of aliphatic hydroxyl groups excluding tert-OH is 1. The highest BCUT2D eigenvalue weighted by Crippen LogP contribution is 2.27. The summed E-state index contributed by atoms with van der Waals surface area (Å²) in [6.07, 6.45) is -2.28. The second-order valence-corrected chi connectivity index (χ2v) is 5.93. The first-order valence-electron chi connectivity index (χ1n) is 7.78. The monoisotopic (exact) mass is 346 g/mol. The van der Waals surface area contributed by atoms with E-state index in [1.54, 1.807) is 13.0 Å². The van der Waals surface area contributed by atoms with Gasteiger partial charge in [-0.15, -0.1) is 0 Å². The van der Waals surface area contributed by atoms with Gasteiger partial charge in [0.2, 0.25) is 0 Å². The SMILES string of the molecule is Cc1c(NC(=O)NCC2CCCC2O)cccc1OCC(F)(F)F. The zero-order valence-corrected chi connectivity index (χ0v) is 13.3. The molecule has 1 saturated carbocycles. The van der Waals surface area contributed by atoms with Crippen LogP contribution in [0, 0.1) is 12.8 Å². The molecular formula is C16H21F3N2O3.